The predicted molar refractivity (Wildman–Crippen MR) is 130 cm³/mol. The molecule has 1 saturated heterocycles. The number of hydrogen-bond donors (Lipinski definition) is 1. The zero-order valence-corrected chi connectivity index (χ0v) is 20.0. The van der Waals surface area contributed by atoms with Crippen molar-refractivity contribution in [1.82, 2.24) is 8.87 Å². The number of fused-ring (bicyclic) bond motifs is 1. The molecule has 0 radical (unpaired) electrons. The standard InChI is InChI=1S/C25H29N3O4S/c1-17-14-19(3)25-22(15-17)18(2)16-24(30)28(25)13-10-23(29)26-20-6-8-21(9-7-20)33(31,32)27-11-4-5-12-27/h6-9,14-16H,4-5,10-13H2,1-3H3,(H,26,29). The lowest BCUT2D eigenvalue weighted by Gasteiger charge is -2.16. The van der Waals surface area contributed by atoms with E-state index in [1.807, 2.05) is 26.8 Å². The third-order valence-electron chi connectivity index (χ3n) is 6.15. The Labute approximate surface area is 194 Å². The van der Waals surface area contributed by atoms with E-state index >= 15 is 0 Å². The molecule has 1 aliphatic rings. The van der Waals surface area contributed by atoms with Crippen LogP contribution in [0.2, 0.25) is 0 Å². The monoisotopic (exact) mass is 467 g/mol. The van der Waals surface area contributed by atoms with Crippen molar-refractivity contribution in [3.63, 3.8) is 0 Å². The quantitative estimate of drug-likeness (QED) is 0.598. The van der Waals surface area contributed by atoms with E-state index in [1.54, 1.807) is 22.8 Å². The molecule has 1 amide bonds. The second-order valence-corrected chi connectivity index (χ2v) is 10.7. The van der Waals surface area contributed by atoms with Gasteiger partial charge in [0.2, 0.25) is 15.9 Å². The van der Waals surface area contributed by atoms with E-state index in [1.165, 1.54) is 16.4 Å². The van der Waals surface area contributed by atoms with E-state index in [0.29, 0.717) is 18.8 Å². The average Bonchev–Trinajstić information content (AvgIpc) is 3.30. The maximum absolute atomic E-state index is 12.7. The number of anilines is 1. The molecule has 0 bridgehead atoms. The van der Waals surface area contributed by atoms with Crippen LogP contribution in [-0.4, -0.2) is 36.3 Å². The summed E-state index contributed by atoms with van der Waals surface area (Å²) in [5.74, 6) is -0.240. The van der Waals surface area contributed by atoms with Crippen LogP contribution in [0.3, 0.4) is 0 Å². The minimum atomic E-state index is -3.48. The first kappa shape index (κ1) is 23.2. The van der Waals surface area contributed by atoms with Gasteiger partial charge in [-0.1, -0.05) is 11.6 Å². The molecule has 174 valence electrons. The molecule has 0 saturated carbocycles. The lowest BCUT2D eigenvalue weighted by molar-refractivity contribution is -0.116. The van der Waals surface area contributed by atoms with Gasteiger partial charge in [0.25, 0.3) is 5.56 Å². The number of benzene rings is 2. The fourth-order valence-electron chi connectivity index (χ4n) is 4.52. The van der Waals surface area contributed by atoms with Crippen LogP contribution in [0.15, 0.2) is 52.2 Å². The number of sulfonamides is 1. The van der Waals surface area contributed by atoms with Gasteiger partial charge in [-0.15, -0.1) is 0 Å². The Hall–Kier alpha value is -2.97. The summed E-state index contributed by atoms with van der Waals surface area (Å²) in [6.07, 6.45) is 1.89. The van der Waals surface area contributed by atoms with Crippen molar-refractivity contribution in [3.05, 3.63) is 69.5 Å². The molecule has 7 nitrogen and oxygen atoms in total. The van der Waals surface area contributed by atoms with Crippen LogP contribution in [0.5, 0.6) is 0 Å². The van der Waals surface area contributed by atoms with E-state index in [2.05, 4.69) is 11.4 Å². The van der Waals surface area contributed by atoms with Gasteiger partial charge in [-0.05, 0) is 75.1 Å². The fraction of sp³-hybridized carbons (Fsp3) is 0.360. The van der Waals surface area contributed by atoms with Crippen LogP contribution >= 0.6 is 0 Å². The zero-order chi connectivity index (χ0) is 23.8. The second-order valence-electron chi connectivity index (χ2n) is 8.73. The molecule has 2 aromatic carbocycles. The second kappa shape index (κ2) is 9.11. The molecule has 1 aliphatic heterocycles. The summed E-state index contributed by atoms with van der Waals surface area (Å²) >= 11 is 0. The molecule has 33 heavy (non-hydrogen) atoms. The van der Waals surface area contributed by atoms with E-state index < -0.39 is 10.0 Å². The molecule has 1 N–H and O–H groups in total. The van der Waals surface area contributed by atoms with Crippen molar-refractivity contribution in [2.75, 3.05) is 18.4 Å². The van der Waals surface area contributed by atoms with Gasteiger partial charge in [0.05, 0.1) is 10.4 Å². The number of pyridine rings is 1. The first-order valence-electron chi connectivity index (χ1n) is 11.2. The van der Waals surface area contributed by atoms with E-state index in [0.717, 1.165) is 40.4 Å². The molecular weight excluding hydrogens is 438 g/mol. The molecule has 0 spiro atoms. The zero-order valence-electron chi connectivity index (χ0n) is 19.2. The molecule has 8 heteroatoms. The normalized spacial score (nSPS) is 14.6. The molecule has 1 fully saturated rings. The Morgan fingerprint density at radius 3 is 2.30 bits per heavy atom. The van der Waals surface area contributed by atoms with Gasteiger partial charge < -0.3 is 9.88 Å². The summed E-state index contributed by atoms with van der Waals surface area (Å²) in [4.78, 5) is 25.5. The number of amides is 1. The van der Waals surface area contributed by atoms with Crippen LogP contribution in [0.4, 0.5) is 5.69 Å². The number of rotatable bonds is 6. The molecule has 0 aliphatic carbocycles. The minimum absolute atomic E-state index is 0.124. The maximum Gasteiger partial charge on any atom is 0.251 e. The molecule has 0 unspecified atom stereocenters. The maximum atomic E-state index is 12.7. The van der Waals surface area contributed by atoms with Gasteiger partial charge in [0.15, 0.2) is 0 Å². The summed E-state index contributed by atoms with van der Waals surface area (Å²) in [7, 11) is -3.48. The SMILES string of the molecule is Cc1cc(C)c2c(c1)c(C)cc(=O)n2CCC(=O)Nc1ccc(S(=O)(=O)N2CCCC2)cc1. The third kappa shape index (κ3) is 4.72. The van der Waals surface area contributed by atoms with E-state index in [9.17, 15) is 18.0 Å². The lowest BCUT2D eigenvalue weighted by atomic mass is 10.0. The van der Waals surface area contributed by atoms with Crippen molar-refractivity contribution in [3.8, 4) is 0 Å². The summed E-state index contributed by atoms with van der Waals surface area (Å²) in [5.41, 5.74) is 4.30. The number of hydrogen-bond acceptors (Lipinski definition) is 4. The van der Waals surface area contributed by atoms with Crippen LogP contribution in [0, 0.1) is 20.8 Å². The van der Waals surface area contributed by atoms with Gasteiger partial charge in [-0.3, -0.25) is 9.59 Å². The summed E-state index contributed by atoms with van der Waals surface area (Å²) in [6, 6.07) is 11.9. The first-order valence-corrected chi connectivity index (χ1v) is 12.6. The highest BCUT2D eigenvalue weighted by Gasteiger charge is 2.26. The van der Waals surface area contributed by atoms with Crippen LogP contribution in [-0.2, 0) is 21.4 Å². The largest absolute Gasteiger partial charge is 0.326 e. The minimum Gasteiger partial charge on any atom is -0.326 e. The van der Waals surface area contributed by atoms with Gasteiger partial charge in [0, 0.05) is 43.2 Å². The highest BCUT2D eigenvalue weighted by atomic mass is 32.2. The molecule has 3 aromatic rings. The van der Waals surface area contributed by atoms with Gasteiger partial charge in [-0.2, -0.15) is 4.31 Å². The Balaban J connectivity index is 1.47. The Bertz CT molecular complexity index is 1370. The number of aromatic nitrogens is 1. The van der Waals surface area contributed by atoms with Crippen molar-refractivity contribution in [2.45, 2.75) is 51.5 Å². The number of nitrogens with one attached hydrogen (secondary N) is 1. The summed E-state index contributed by atoms with van der Waals surface area (Å²) in [5, 5.41) is 3.82. The van der Waals surface area contributed by atoms with Gasteiger partial charge >= 0.3 is 0 Å². The molecule has 4 rings (SSSR count). The van der Waals surface area contributed by atoms with Crippen molar-refractivity contribution < 1.29 is 13.2 Å². The Morgan fingerprint density at radius 1 is 0.970 bits per heavy atom. The van der Waals surface area contributed by atoms with Gasteiger partial charge in [0.1, 0.15) is 0 Å². The summed E-state index contributed by atoms with van der Waals surface area (Å²) < 4.78 is 28.4. The molecular formula is C25H29N3O4S. The fourth-order valence-corrected chi connectivity index (χ4v) is 6.03. The Kier molecular flexibility index (Phi) is 6.41. The predicted octanol–water partition coefficient (Wildman–Crippen LogP) is 3.74. The highest BCUT2D eigenvalue weighted by Crippen LogP contribution is 2.24. The number of carbonyl (C=O) groups excluding carboxylic acids is 1. The van der Waals surface area contributed by atoms with Crippen molar-refractivity contribution in [2.24, 2.45) is 0 Å². The van der Waals surface area contributed by atoms with Crippen LogP contribution in [0.1, 0.15) is 36.0 Å². The van der Waals surface area contributed by atoms with E-state index in [4.69, 9.17) is 0 Å². The molecule has 2 heterocycles. The number of nitrogens with zero attached hydrogens (tertiary/aromatic N) is 2. The van der Waals surface area contributed by atoms with E-state index in [-0.39, 0.29) is 29.3 Å². The first-order chi connectivity index (χ1) is 15.7. The van der Waals surface area contributed by atoms with Crippen molar-refractivity contribution in [1.29, 1.82) is 0 Å². The van der Waals surface area contributed by atoms with Gasteiger partial charge in [-0.25, -0.2) is 8.42 Å². The van der Waals surface area contributed by atoms with Crippen LogP contribution < -0.4 is 10.9 Å². The smallest absolute Gasteiger partial charge is 0.251 e. The highest BCUT2D eigenvalue weighted by molar-refractivity contribution is 7.89. The molecule has 1 aromatic heterocycles. The van der Waals surface area contributed by atoms with Crippen LogP contribution in [0.25, 0.3) is 10.9 Å². The number of aryl methyl sites for hydroxylation is 4. The topological polar surface area (TPSA) is 88.5 Å². The Morgan fingerprint density at radius 2 is 1.64 bits per heavy atom. The molecule has 0 atom stereocenters. The third-order valence-corrected chi connectivity index (χ3v) is 8.06. The number of carbonyl (C=O) groups is 1. The summed E-state index contributed by atoms with van der Waals surface area (Å²) in [6.45, 7) is 7.28. The average molecular weight is 468 g/mol. The lowest BCUT2D eigenvalue weighted by Crippen LogP contribution is -2.27. The van der Waals surface area contributed by atoms with Crippen molar-refractivity contribution >= 4 is 32.5 Å².